The monoisotopic (exact) mass is 432 g/mol. The van der Waals surface area contributed by atoms with Crippen LogP contribution in [-0.4, -0.2) is 20.0 Å². The molecular weight excluding hydrogens is 412 g/mol. The van der Waals surface area contributed by atoms with Crippen LogP contribution in [0.4, 0.5) is 0 Å². The molecule has 2 unspecified atom stereocenters. The van der Waals surface area contributed by atoms with Gasteiger partial charge in [-0.2, -0.15) is 0 Å². The largest absolute Gasteiger partial charge is 0.287 e. The van der Waals surface area contributed by atoms with Gasteiger partial charge in [0.05, 0.1) is 23.1 Å². The van der Waals surface area contributed by atoms with Crippen molar-refractivity contribution in [3.63, 3.8) is 0 Å². The summed E-state index contributed by atoms with van der Waals surface area (Å²) in [6.07, 6.45) is 5.54. The molecule has 0 amide bonds. The second-order valence-electron chi connectivity index (χ2n) is 9.54. The van der Waals surface area contributed by atoms with Crippen LogP contribution in [0.15, 0.2) is 63.1 Å². The molecule has 2 aliphatic rings. The van der Waals surface area contributed by atoms with E-state index in [2.05, 4.69) is 12.1 Å². The topological polar surface area (TPSA) is 68.7 Å². The van der Waals surface area contributed by atoms with E-state index >= 15 is 0 Å². The van der Waals surface area contributed by atoms with Crippen LogP contribution in [0.3, 0.4) is 0 Å². The third-order valence-electron chi connectivity index (χ3n) is 7.88. The van der Waals surface area contributed by atoms with Crippen LogP contribution in [0.5, 0.6) is 0 Å². The van der Waals surface area contributed by atoms with E-state index in [1.165, 1.54) is 6.42 Å². The van der Waals surface area contributed by atoms with Gasteiger partial charge in [-0.3, -0.25) is 23.5 Å². The fraction of sp³-hybridized carbons (Fsp3) is 0.259. The minimum atomic E-state index is -0.0942. The minimum absolute atomic E-state index is 0.0193. The fourth-order valence-electron chi connectivity index (χ4n) is 6.43. The van der Waals surface area contributed by atoms with E-state index in [-0.39, 0.29) is 23.2 Å². The molecule has 3 aromatic heterocycles. The highest BCUT2D eigenvalue weighted by Crippen LogP contribution is 2.36. The van der Waals surface area contributed by atoms with E-state index in [4.69, 9.17) is 9.98 Å². The molecule has 1 aliphatic heterocycles. The van der Waals surface area contributed by atoms with Gasteiger partial charge >= 0.3 is 0 Å². The summed E-state index contributed by atoms with van der Waals surface area (Å²) in [5.41, 5.74) is 2.96. The summed E-state index contributed by atoms with van der Waals surface area (Å²) in [5, 5.41) is 4.85. The third kappa shape index (κ3) is 2.05. The maximum absolute atomic E-state index is 13.8. The van der Waals surface area contributed by atoms with Gasteiger partial charge in [0.15, 0.2) is 0 Å². The predicted octanol–water partition coefficient (Wildman–Crippen LogP) is 4.13. The quantitative estimate of drug-likeness (QED) is 0.339. The zero-order valence-corrected chi connectivity index (χ0v) is 17.9. The van der Waals surface area contributed by atoms with Gasteiger partial charge in [-0.05, 0) is 49.2 Å². The van der Waals surface area contributed by atoms with E-state index in [1.54, 1.807) is 4.40 Å². The second-order valence-corrected chi connectivity index (χ2v) is 9.54. The van der Waals surface area contributed by atoms with E-state index in [1.807, 2.05) is 41.0 Å². The number of rotatable bonds is 0. The average molecular weight is 432 g/mol. The van der Waals surface area contributed by atoms with Crippen LogP contribution in [0.25, 0.3) is 49.0 Å². The molecule has 0 spiro atoms. The minimum Gasteiger partial charge on any atom is -0.287 e. The van der Waals surface area contributed by atoms with Crippen LogP contribution in [-0.2, 0) is 0 Å². The molecule has 0 radical (unpaired) electrons. The van der Waals surface area contributed by atoms with Crippen molar-refractivity contribution < 1.29 is 0 Å². The standard InChI is InChI=1S/C27H20N4O2/c32-26-16-12-13-17-23-15(25-29-19-7-4-5-9-21(19)31(25)27(17)33)11-10-14(22(16)23)24-28-18-6-2-1-3-8-20(18)30(24)26/h4-5,7,9-13,18,20H,1-3,6,8H2. The molecule has 8 rings (SSSR count). The fourth-order valence-corrected chi connectivity index (χ4v) is 6.43. The maximum Gasteiger partial charge on any atom is 0.264 e. The van der Waals surface area contributed by atoms with Gasteiger partial charge in [-0.1, -0.05) is 31.4 Å². The van der Waals surface area contributed by atoms with E-state index in [0.29, 0.717) is 16.4 Å². The zero-order valence-electron chi connectivity index (χ0n) is 17.9. The van der Waals surface area contributed by atoms with Crippen molar-refractivity contribution in [3.8, 4) is 0 Å². The van der Waals surface area contributed by atoms with E-state index in [0.717, 1.165) is 63.7 Å². The van der Waals surface area contributed by atoms with Crippen molar-refractivity contribution in [2.24, 2.45) is 4.99 Å². The molecule has 3 aromatic carbocycles. The molecule has 33 heavy (non-hydrogen) atoms. The highest BCUT2D eigenvalue weighted by atomic mass is 16.1. The Hall–Kier alpha value is -3.80. The molecule has 1 fully saturated rings. The smallest absolute Gasteiger partial charge is 0.264 e. The van der Waals surface area contributed by atoms with Gasteiger partial charge in [0.1, 0.15) is 11.1 Å². The number of hydrogen-bond acceptors (Lipinski definition) is 4. The van der Waals surface area contributed by atoms with Crippen molar-refractivity contribution >= 4 is 49.0 Å². The second kappa shape index (κ2) is 5.95. The molecule has 1 aliphatic carbocycles. The van der Waals surface area contributed by atoms with Gasteiger partial charge in [-0.15, -0.1) is 0 Å². The third-order valence-corrected chi connectivity index (χ3v) is 7.88. The summed E-state index contributed by atoms with van der Waals surface area (Å²) in [4.78, 5) is 37.3. The molecule has 4 heterocycles. The first-order valence-electron chi connectivity index (χ1n) is 11.8. The van der Waals surface area contributed by atoms with Crippen molar-refractivity contribution in [3.05, 3.63) is 74.7 Å². The highest BCUT2D eigenvalue weighted by Gasteiger charge is 2.33. The summed E-state index contributed by atoms with van der Waals surface area (Å²) in [6.45, 7) is 0. The first kappa shape index (κ1) is 17.7. The first-order valence-corrected chi connectivity index (χ1v) is 11.8. The number of para-hydroxylation sites is 2. The molecule has 0 N–H and O–H groups in total. The summed E-state index contributed by atoms with van der Waals surface area (Å²) in [7, 11) is 0. The summed E-state index contributed by atoms with van der Waals surface area (Å²) >= 11 is 0. The average Bonchev–Trinajstić information content (AvgIpc) is 3.32. The van der Waals surface area contributed by atoms with Crippen molar-refractivity contribution in [2.45, 2.75) is 44.2 Å². The van der Waals surface area contributed by atoms with Gasteiger partial charge in [-0.25, -0.2) is 4.98 Å². The number of pyridine rings is 2. The van der Waals surface area contributed by atoms with Crippen molar-refractivity contribution in [1.82, 2.24) is 14.0 Å². The predicted molar refractivity (Wildman–Crippen MR) is 130 cm³/mol. The van der Waals surface area contributed by atoms with Gasteiger partial charge in [0.2, 0.25) is 0 Å². The van der Waals surface area contributed by atoms with Crippen LogP contribution in [0.2, 0.25) is 0 Å². The number of imidazole rings is 1. The lowest BCUT2D eigenvalue weighted by molar-refractivity contribution is 0.417. The number of aromatic nitrogens is 3. The Morgan fingerprint density at radius 3 is 2.39 bits per heavy atom. The molecule has 160 valence electrons. The molecular formula is C27H20N4O2. The lowest BCUT2D eigenvalue weighted by Crippen LogP contribution is -2.34. The van der Waals surface area contributed by atoms with Gasteiger partial charge in [0.25, 0.3) is 11.1 Å². The van der Waals surface area contributed by atoms with Crippen LogP contribution >= 0.6 is 0 Å². The lowest BCUT2D eigenvalue weighted by Gasteiger charge is -2.18. The summed E-state index contributed by atoms with van der Waals surface area (Å²) < 4.78 is 3.66. The molecule has 6 aromatic rings. The SMILES string of the molecule is O=c1c2ccc3c(=O)n4c5ccccc5nc4c4ccc(c5n1C1CCCCCC1N=5)c2c34. The first-order chi connectivity index (χ1) is 16.2. The number of hydrogen-bond donors (Lipinski definition) is 0. The molecule has 0 bridgehead atoms. The molecule has 2 atom stereocenters. The molecule has 0 saturated heterocycles. The van der Waals surface area contributed by atoms with Crippen molar-refractivity contribution in [1.29, 1.82) is 0 Å². The Kier molecular flexibility index (Phi) is 3.20. The highest BCUT2D eigenvalue weighted by molar-refractivity contribution is 6.25. The Labute approximate surface area is 187 Å². The maximum atomic E-state index is 13.8. The summed E-state index contributed by atoms with van der Waals surface area (Å²) in [6, 6.07) is 15.8. The molecule has 6 nitrogen and oxygen atoms in total. The van der Waals surface area contributed by atoms with E-state index < -0.39 is 0 Å². The molecule has 6 heteroatoms. The van der Waals surface area contributed by atoms with Crippen LogP contribution < -0.4 is 16.6 Å². The van der Waals surface area contributed by atoms with Crippen molar-refractivity contribution in [2.75, 3.05) is 0 Å². The van der Waals surface area contributed by atoms with E-state index in [9.17, 15) is 9.59 Å². The normalized spacial score (nSPS) is 20.6. The number of nitrogens with zero attached hydrogens (tertiary/aromatic N) is 4. The van der Waals surface area contributed by atoms with Gasteiger partial charge in [0, 0.05) is 32.3 Å². The summed E-state index contributed by atoms with van der Waals surface area (Å²) in [5.74, 6) is 0. The van der Waals surface area contributed by atoms with Crippen LogP contribution in [0, 0.1) is 0 Å². The Morgan fingerprint density at radius 2 is 1.48 bits per heavy atom. The Balaban J connectivity index is 1.61. The zero-order chi connectivity index (χ0) is 21.8. The van der Waals surface area contributed by atoms with Gasteiger partial charge < -0.3 is 0 Å². The number of benzene rings is 3. The molecule has 1 saturated carbocycles. The Bertz CT molecular complexity index is 1970. The Morgan fingerprint density at radius 1 is 0.758 bits per heavy atom. The lowest BCUT2D eigenvalue weighted by atomic mass is 9.96. The number of fused-ring (bicyclic) bond motifs is 8. The van der Waals surface area contributed by atoms with Crippen LogP contribution in [0.1, 0.15) is 38.1 Å².